The molecule has 2 N–H and O–H groups in total. The van der Waals surface area contributed by atoms with Gasteiger partial charge in [0, 0.05) is 11.8 Å². The Morgan fingerprint density at radius 2 is 2.14 bits per heavy atom. The van der Waals surface area contributed by atoms with Gasteiger partial charge in [0.2, 0.25) is 0 Å². The van der Waals surface area contributed by atoms with Gasteiger partial charge < -0.3 is 10.1 Å². The minimum atomic E-state index is -0.211. The summed E-state index contributed by atoms with van der Waals surface area (Å²) >= 11 is 0. The maximum absolute atomic E-state index is 9.49. The highest BCUT2D eigenvalue weighted by Crippen LogP contribution is 2.31. The molecule has 0 aliphatic heterocycles. The smallest absolute Gasteiger partial charge is 0.107 e. The average molecular weight is 286 g/mol. The topological polar surface area (TPSA) is 48.9 Å². The first-order valence-electron chi connectivity index (χ1n) is 8.18. The van der Waals surface area contributed by atoms with Crippen LogP contribution in [0.1, 0.15) is 57.3 Å². The fraction of sp³-hybridized carbons (Fsp3) is 0.611. The number of aromatic nitrogens is 2. The molecule has 2 aromatic rings. The van der Waals surface area contributed by atoms with Gasteiger partial charge in [0.05, 0.1) is 17.6 Å². The van der Waals surface area contributed by atoms with Gasteiger partial charge in [-0.2, -0.15) is 0 Å². The van der Waals surface area contributed by atoms with Crippen molar-refractivity contribution in [3.63, 3.8) is 0 Å². The second-order valence-electron chi connectivity index (χ2n) is 7.15. The van der Waals surface area contributed by atoms with Gasteiger partial charge in [-0.1, -0.05) is 45.6 Å². The third-order valence-electron chi connectivity index (χ3n) is 4.96. The average Bonchev–Trinajstić information content (AvgIpc) is 2.83. The van der Waals surface area contributed by atoms with E-state index in [4.69, 9.17) is 4.98 Å². The molecule has 1 heterocycles. The van der Waals surface area contributed by atoms with Crippen molar-refractivity contribution in [2.24, 2.45) is 5.92 Å². The van der Waals surface area contributed by atoms with E-state index in [1.165, 1.54) is 32.1 Å². The fourth-order valence-electron chi connectivity index (χ4n) is 3.03. The summed E-state index contributed by atoms with van der Waals surface area (Å²) in [6, 6.07) is 6.29. The molecule has 1 aromatic carbocycles. The lowest BCUT2D eigenvalue weighted by Gasteiger charge is -2.24. The van der Waals surface area contributed by atoms with E-state index in [9.17, 15) is 5.11 Å². The summed E-state index contributed by atoms with van der Waals surface area (Å²) in [5, 5.41) is 9.49. The Morgan fingerprint density at radius 1 is 1.33 bits per heavy atom. The van der Waals surface area contributed by atoms with Gasteiger partial charge in [-0.25, -0.2) is 4.98 Å². The second-order valence-corrected chi connectivity index (χ2v) is 7.15. The fourth-order valence-corrected chi connectivity index (χ4v) is 3.03. The van der Waals surface area contributed by atoms with Crippen molar-refractivity contribution < 1.29 is 5.11 Å². The standard InChI is InChI=1S/C18H26N2O/c1-18(2,12-21)14-9-10-15-16(11-14)20-17(19-15)8-4-7-13-5-3-6-13/h9-11,13,21H,3-8,12H2,1-2H3,(H,19,20). The van der Waals surface area contributed by atoms with E-state index in [0.29, 0.717) is 0 Å². The van der Waals surface area contributed by atoms with E-state index in [1.807, 2.05) is 0 Å². The summed E-state index contributed by atoms with van der Waals surface area (Å²) in [6.07, 6.45) is 7.92. The Kier molecular flexibility index (Phi) is 4.03. The summed E-state index contributed by atoms with van der Waals surface area (Å²) in [4.78, 5) is 8.15. The van der Waals surface area contributed by atoms with E-state index >= 15 is 0 Å². The maximum Gasteiger partial charge on any atom is 0.107 e. The number of aromatic amines is 1. The van der Waals surface area contributed by atoms with Gasteiger partial charge in [-0.15, -0.1) is 0 Å². The molecule has 1 aliphatic rings. The van der Waals surface area contributed by atoms with Crippen LogP contribution in [-0.4, -0.2) is 21.7 Å². The molecule has 0 bridgehead atoms. The van der Waals surface area contributed by atoms with Gasteiger partial charge >= 0.3 is 0 Å². The normalized spacial score (nSPS) is 16.3. The first kappa shape index (κ1) is 14.6. The lowest BCUT2D eigenvalue weighted by Crippen LogP contribution is -2.21. The summed E-state index contributed by atoms with van der Waals surface area (Å²) in [5.74, 6) is 2.08. The number of nitrogens with zero attached hydrogens (tertiary/aromatic N) is 1. The van der Waals surface area contributed by atoms with Crippen LogP contribution in [0.4, 0.5) is 0 Å². The molecule has 0 amide bonds. The quantitative estimate of drug-likeness (QED) is 0.844. The maximum atomic E-state index is 9.49. The number of aliphatic hydroxyl groups excluding tert-OH is 1. The van der Waals surface area contributed by atoms with Crippen LogP contribution in [0.2, 0.25) is 0 Å². The highest BCUT2D eigenvalue weighted by atomic mass is 16.3. The molecular formula is C18H26N2O. The summed E-state index contributed by atoms with van der Waals surface area (Å²) < 4.78 is 0. The lowest BCUT2D eigenvalue weighted by atomic mass is 9.82. The van der Waals surface area contributed by atoms with E-state index in [2.05, 4.69) is 37.0 Å². The molecule has 114 valence electrons. The second kappa shape index (κ2) is 5.80. The van der Waals surface area contributed by atoms with Gasteiger partial charge in [-0.3, -0.25) is 0 Å². The zero-order valence-corrected chi connectivity index (χ0v) is 13.2. The number of hydrogen-bond acceptors (Lipinski definition) is 2. The number of benzene rings is 1. The number of nitrogens with one attached hydrogen (secondary N) is 1. The van der Waals surface area contributed by atoms with Crippen LogP contribution < -0.4 is 0 Å². The van der Waals surface area contributed by atoms with Gasteiger partial charge in [0.1, 0.15) is 5.82 Å². The largest absolute Gasteiger partial charge is 0.395 e. The Balaban J connectivity index is 1.70. The van der Waals surface area contributed by atoms with Crippen molar-refractivity contribution in [3.05, 3.63) is 29.6 Å². The minimum Gasteiger partial charge on any atom is -0.395 e. The molecule has 3 nitrogen and oxygen atoms in total. The third-order valence-corrected chi connectivity index (χ3v) is 4.96. The number of H-pyrrole nitrogens is 1. The first-order valence-corrected chi connectivity index (χ1v) is 8.18. The predicted molar refractivity (Wildman–Crippen MR) is 86.5 cm³/mol. The van der Waals surface area contributed by atoms with Crippen LogP contribution in [0.3, 0.4) is 0 Å². The van der Waals surface area contributed by atoms with Crippen LogP contribution in [0.25, 0.3) is 11.0 Å². The summed E-state index contributed by atoms with van der Waals surface area (Å²) in [7, 11) is 0. The van der Waals surface area contributed by atoms with E-state index in [-0.39, 0.29) is 12.0 Å². The number of aryl methyl sites for hydroxylation is 1. The molecule has 21 heavy (non-hydrogen) atoms. The molecule has 1 saturated carbocycles. The Hall–Kier alpha value is -1.35. The first-order chi connectivity index (χ1) is 10.1. The zero-order chi connectivity index (χ0) is 14.9. The highest BCUT2D eigenvalue weighted by Gasteiger charge is 2.20. The molecule has 0 atom stereocenters. The minimum absolute atomic E-state index is 0.150. The highest BCUT2D eigenvalue weighted by molar-refractivity contribution is 5.76. The van der Waals surface area contributed by atoms with Gasteiger partial charge in [0.15, 0.2) is 0 Å². The molecule has 1 aromatic heterocycles. The number of fused-ring (bicyclic) bond motifs is 1. The van der Waals surface area contributed by atoms with E-state index < -0.39 is 0 Å². The predicted octanol–water partition coefficient (Wildman–Crippen LogP) is 3.96. The molecule has 0 unspecified atom stereocenters. The van der Waals surface area contributed by atoms with Crippen molar-refractivity contribution in [1.82, 2.24) is 9.97 Å². The Morgan fingerprint density at radius 3 is 2.81 bits per heavy atom. The number of imidazole rings is 1. The molecule has 0 spiro atoms. The Labute approximate surface area is 126 Å². The van der Waals surface area contributed by atoms with E-state index in [1.54, 1.807) is 0 Å². The van der Waals surface area contributed by atoms with Crippen LogP contribution >= 0.6 is 0 Å². The molecule has 1 fully saturated rings. The Bertz CT molecular complexity index is 611. The monoisotopic (exact) mass is 286 g/mol. The van der Waals surface area contributed by atoms with Crippen LogP contribution in [-0.2, 0) is 11.8 Å². The van der Waals surface area contributed by atoms with Crippen molar-refractivity contribution in [3.8, 4) is 0 Å². The molecule has 1 aliphatic carbocycles. The number of rotatable bonds is 6. The molecule has 3 heteroatoms. The summed E-state index contributed by atoms with van der Waals surface area (Å²) in [6.45, 7) is 4.26. The zero-order valence-electron chi connectivity index (χ0n) is 13.2. The van der Waals surface area contributed by atoms with Crippen molar-refractivity contribution in [2.75, 3.05) is 6.61 Å². The van der Waals surface area contributed by atoms with Crippen molar-refractivity contribution >= 4 is 11.0 Å². The molecular weight excluding hydrogens is 260 g/mol. The van der Waals surface area contributed by atoms with Crippen molar-refractivity contribution in [2.45, 2.75) is 57.8 Å². The molecule has 3 rings (SSSR count). The van der Waals surface area contributed by atoms with Crippen molar-refractivity contribution in [1.29, 1.82) is 0 Å². The molecule has 0 saturated heterocycles. The SMILES string of the molecule is CC(C)(CO)c1ccc2[nH]c(CCCC3CCC3)nc2c1. The number of aliphatic hydroxyl groups is 1. The van der Waals surface area contributed by atoms with E-state index in [0.717, 1.165) is 34.8 Å². The summed E-state index contributed by atoms with van der Waals surface area (Å²) in [5.41, 5.74) is 3.06. The van der Waals surface area contributed by atoms with Crippen LogP contribution in [0.5, 0.6) is 0 Å². The lowest BCUT2D eigenvalue weighted by molar-refractivity contribution is 0.218. The molecule has 0 radical (unpaired) electrons. The third kappa shape index (κ3) is 3.13. The van der Waals surface area contributed by atoms with Gasteiger partial charge in [-0.05, 0) is 30.0 Å². The van der Waals surface area contributed by atoms with Crippen LogP contribution in [0, 0.1) is 5.92 Å². The van der Waals surface area contributed by atoms with Gasteiger partial charge in [0.25, 0.3) is 0 Å². The van der Waals surface area contributed by atoms with Crippen LogP contribution in [0.15, 0.2) is 18.2 Å². The number of hydrogen-bond donors (Lipinski definition) is 2.